The van der Waals surface area contributed by atoms with Gasteiger partial charge in [0, 0.05) is 31.8 Å². The van der Waals surface area contributed by atoms with Gasteiger partial charge in [0.05, 0.1) is 25.4 Å². The lowest BCUT2D eigenvalue weighted by Gasteiger charge is -2.28. The molecule has 2 rings (SSSR count). The molecule has 1 aliphatic heterocycles. The minimum Gasteiger partial charge on any atom is -0.394 e. The molecule has 19 heavy (non-hydrogen) atoms. The van der Waals surface area contributed by atoms with E-state index in [1.807, 2.05) is 6.20 Å². The number of aromatic nitrogens is 2. The van der Waals surface area contributed by atoms with Crippen molar-refractivity contribution in [3.05, 3.63) is 18.0 Å². The summed E-state index contributed by atoms with van der Waals surface area (Å²) in [4.78, 5) is 24.4. The highest BCUT2D eigenvalue weighted by molar-refractivity contribution is 6.00. The number of rotatable bonds is 5. The molecule has 7 heteroatoms. The van der Waals surface area contributed by atoms with Crippen LogP contribution in [0.4, 0.5) is 0 Å². The van der Waals surface area contributed by atoms with Crippen LogP contribution in [0.5, 0.6) is 0 Å². The van der Waals surface area contributed by atoms with Crippen molar-refractivity contribution in [2.24, 2.45) is 0 Å². The highest BCUT2D eigenvalue weighted by Crippen LogP contribution is 2.12. The van der Waals surface area contributed by atoms with E-state index in [9.17, 15) is 9.59 Å². The number of nitrogens with zero attached hydrogens (tertiary/aromatic N) is 3. The Morgan fingerprint density at radius 3 is 3.05 bits per heavy atom. The maximum Gasteiger partial charge on any atom is 0.246 e. The Morgan fingerprint density at radius 1 is 1.53 bits per heavy atom. The Bertz CT molecular complexity index is 471. The highest BCUT2D eigenvalue weighted by Gasteiger charge is 2.31. The second kappa shape index (κ2) is 5.94. The van der Waals surface area contributed by atoms with Gasteiger partial charge in [-0.25, -0.2) is 0 Å². The first kappa shape index (κ1) is 13.7. The average molecular weight is 266 g/mol. The van der Waals surface area contributed by atoms with Gasteiger partial charge in [-0.15, -0.1) is 0 Å². The molecule has 0 aromatic carbocycles. The van der Waals surface area contributed by atoms with Crippen LogP contribution in [0.25, 0.3) is 0 Å². The van der Waals surface area contributed by atoms with Gasteiger partial charge < -0.3 is 10.4 Å². The number of likely N-dealkylation sites (N-methyl/N-ethyl adjacent to an activating group) is 1. The summed E-state index contributed by atoms with van der Waals surface area (Å²) in [7, 11) is 1.51. The second-order valence-electron chi connectivity index (χ2n) is 4.60. The Kier molecular flexibility index (Phi) is 4.28. The zero-order valence-electron chi connectivity index (χ0n) is 10.9. The fourth-order valence-electron chi connectivity index (χ4n) is 2.07. The molecule has 0 spiro atoms. The third-order valence-electron chi connectivity index (χ3n) is 3.22. The molecule has 0 saturated carbocycles. The van der Waals surface area contributed by atoms with Gasteiger partial charge in [-0.05, 0) is 6.42 Å². The topological polar surface area (TPSA) is 87.5 Å². The molecule has 0 radical (unpaired) electrons. The van der Waals surface area contributed by atoms with Gasteiger partial charge in [0.15, 0.2) is 0 Å². The van der Waals surface area contributed by atoms with E-state index in [0.717, 1.165) is 5.56 Å². The van der Waals surface area contributed by atoms with Crippen LogP contribution in [0, 0.1) is 0 Å². The van der Waals surface area contributed by atoms with Gasteiger partial charge in [0.2, 0.25) is 11.8 Å². The summed E-state index contributed by atoms with van der Waals surface area (Å²) in [5.41, 5.74) is 0.945. The molecule has 104 valence electrons. The minimum atomic E-state index is -0.316. The van der Waals surface area contributed by atoms with Crippen LogP contribution in [0.15, 0.2) is 12.4 Å². The van der Waals surface area contributed by atoms with Crippen LogP contribution < -0.4 is 5.32 Å². The van der Waals surface area contributed by atoms with E-state index in [1.165, 1.54) is 11.9 Å². The molecule has 2 heterocycles. The van der Waals surface area contributed by atoms with E-state index >= 15 is 0 Å². The summed E-state index contributed by atoms with van der Waals surface area (Å²) < 4.78 is 1.65. The van der Waals surface area contributed by atoms with Crippen LogP contribution in [-0.2, 0) is 22.7 Å². The van der Waals surface area contributed by atoms with Crippen LogP contribution in [-0.4, -0.2) is 51.3 Å². The fraction of sp³-hybridized carbons (Fsp3) is 0.583. The summed E-state index contributed by atoms with van der Waals surface area (Å²) >= 11 is 0. The molecule has 2 N–H and O–H groups in total. The Hall–Kier alpha value is -1.73. The number of amides is 2. The van der Waals surface area contributed by atoms with Crippen molar-refractivity contribution < 1.29 is 14.7 Å². The highest BCUT2D eigenvalue weighted by atomic mass is 16.3. The number of piperidine rings is 1. The normalized spacial score (nSPS) is 20.1. The standard InChI is InChI=1S/C12H18N4O3/c1-15-11(18)3-2-10(12(15)19)13-6-9-7-14-16(8-9)4-5-17/h7-8,10,13,17H,2-6H2,1H3. The summed E-state index contributed by atoms with van der Waals surface area (Å²) in [6.07, 6.45) is 4.45. The first-order valence-corrected chi connectivity index (χ1v) is 6.28. The predicted octanol–water partition coefficient (Wildman–Crippen LogP) is -0.888. The number of carbonyl (C=O) groups excluding carboxylic acids is 2. The van der Waals surface area contributed by atoms with Crippen molar-refractivity contribution in [3.63, 3.8) is 0 Å². The molecule has 0 bridgehead atoms. The first-order chi connectivity index (χ1) is 9.11. The van der Waals surface area contributed by atoms with E-state index in [2.05, 4.69) is 10.4 Å². The molecule has 1 saturated heterocycles. The van der Waals surface area contributed by atoms with Crippen LogP contribution >= 0.6 is 0 Å². The Labute approximate surface area is 111 Å². The SMILES string of the molecule is CN1C(=O)CCC(NCc2cnn(CCO)c2)C1=O. The third kappa shape index (κ3) is 3.18. The molecule has 1 aromatic rings. The average Bonchev–Trinajstić information content (AvgIpc) is 2.83. The molecule has 1 fully saturated rings. The van der Waals surface area contributed by atoms with E-state index in [-0.39, 0.29) is 24.5 Å². The fourth-order valence-corrected chi connectivity index (χ4v) is 2.07. The molecule has 7 nitrogen and oxygen atoms in total. The number of imide groups is 1. The zero-order valence-corrected chi connectivity index (χ0v) is 10.9. The van der Waals surface area contributed by atoms with Crippen molar-refractivity contribution in [2.75, 3.05) is 13.7 Å². The maximum absolute atomic E-state index is 11.9. The second-order valence-corrected chi connectivity index (χ2v) is 4.60. The van der Waals surface area contributed by atoms with Crippen LogP contribution in [0.2, 0.25) is 0 Å². The Morgan fingerprint density at radius 2 is 2.32 bits per heavy atom. The first-order valence-electron chi connectivity index (χ1n) is 6.28. The van der Waals surface area contributed by atoms with Crippen molar-refractivity contribution >= 4 is 11.8 Å². The van der Waals surface area contributed by atoms with Crippen molar-refractivity contribution in [1.82, 2.24) is 20.0 Å². The third-order valence-corrected chi connectivity index (χ3v) is 3.22. The van der Waals surface area contributed by atoms with Gasteiger partial charge in [-0.2, -0.15) is 5.10 Å². The smallest absolute Gasteiger partial charge is 0.246 e. The molecule has 2 amide bonds. The molecule has 1 aliphatic rings. The van der Waals surface area contributed by atoms with Gasteiger partial charge in [0.1, 0.15) is 0 Å². The molecular formula is C12H18N4O3. The summed E-state index contributed by atoms with van der Waals surface area (Å²) in [6.45, 7) is 1.02. The van der Waals surface area contributed by atoms with Crippen LogP contribution in [0.1, 0.15) is 18.4 Å². The van der Waals surface area contributed by atoms with E-state index < -0.39 is 0 Å². The number of aliphatic hydroxyl groups excluding tert-OH is 1. The van der Waals surface area contributed by atoms with E-state index in [0.29, 0.717) is 25.9 Å². The van der Waals surface area contributed by atoms with Gasteiger partial charge >= 0.3 is 0 Å². The number of likely N-dealkylation sites (tertiary alicyclic amines) is 1. The number of carbonyl (C=O) groups is 2. The van der Waals surface area contributed by atoms with Crippen molar-refractivity contribution in [2.45, 2.75) is 32.0 Å². The predicted molar refractivity (Wildman–Crippen MR) is 67.0 cm³/mol. The monoisotopic (exact) mass is 266 g/mol. The van der Waals surface area contributed by atoms with E-state index in [1.54, 1.807) is 10.9 Å². The van der Waals surface area contributed by atoms with Gasteiger partial charge in [-0.3, -0.25) is 19.2 Å². The quantitative estimate of drug-likeness (QED) is 0.675. The zero-order chi connectivity index (χ0) is 13.8. The van der Waals surface area contributed by atoms with Crippen molar-refractivity contribution in [1.29, 1.82) is 0 Å². The summed E-state index contributed by atoms with van der Waals surface area (Å²) in [5, 5.41) is 16.0. The number of aliphatic hydroxyl groups is 1. The lowest BCUT2D eigenvalue weighted by atomic mass is 10.0. The Balaban J connectivity index is 1.87. The van der Waals surface area contributed by atoms with E-state index in [4.69, 9.17) is 5.11 Å². The van der Waals surface area contributed by atoms with Gasteiger partial charge in [-0.1, -0.05) is 0 Å². The molecule has 1 unspecified atom stereocenters. The number of nitrogens with one attached hydrogen (secondary N) is 1. The van der Waals surface area contributed by atoms with Gasteiger partial charge in [0.25, 0.3) is 0 Å². The van der Waals surface area contributed by atoms with Crippen LogP contribution in [0.3, 0.4) is 0 Å². The lowest BCUT2D eigenvalue weighted by molar-refractivity contribution is -0.148. The molecule has 1 aromatic heterocycles. The molecule has 0 aliphatic carbocycles. The maximum atomic E-state index is 11.9. The minimum absolute atomic E-state index is 0.0442. The summed E-state index contributed by atoms with van der Waals surface area (Å²) in [6, 6.07) is -0.316. The number of hydrogen-bond donors (Lipinski definition) is 2. The summed E-state index contributed by atoms with van der Waals surface area (Å²) in [5.74, 6) is -0.308. The van der Waals surface area contributed by atoms with Crippen molar-refractivity contribution in [3.8, 4) is 0 Å². The lowest BCUT2D eigenvalue weighted by Crippen LogP contribution is -2.51. The largest absolute Gasteiger partial charge is 0.394 e. The number of hydrogen-bond acceptors (Lipinski definition) is 5. The molecular weight excluding hydrogens is 248 g/mol. The molecule has 1 atom stereocenters.